The van der Waals surface area contributed by atoms with E-state index in [1.54, 1.807) is 58.2 Å². The summed E-state index contributed by atoms with van der Waals surface area (Å²) in [4.78, 5) is 0. The van der Waals surface area contributed by atoms with Crippen LogP contribution in [0.25, 0.3) is 11.1 Å². The van der Waals surface area contributed by atoms with Crippen LogP contribution in [-0.2, 0) is 33.3 Å². The summed E-state index contributed by atoms with van der Waals surface area (Å²) in [5.74, 6) is -0.935. The summed E-state index contributed by atoms with van der Waals surface area (Å²) < 4.78 is 66.9. The molecule has 0 aliphatic heterocycles. The second kappa shape index (κ2) is 8.45. The smallest absolute Gasteiger partial charge is 0.169 e. The highest BCUT2D eigenvalue weighted by Crippen LogP contribution is 2.15. The zero-order valence-electron chi connectivity index (χ0n) is 13.1. The lowest BCUT2D eigenvalue weighted by Crippen LogP contribution is -2.36. The van der Waals surface area contributed by atoms with Crippen molar-refractivity contribution in [3.8, 4) is 11.1 Å². The van der Waals surface area contributed by atoms with Gasteiger partial charge in [-0.25, -0.2) is 26.0 Å². The Kier molecular flexibility index (Phi) is 7.14. The van der Waals surface area contributed by atoms with Crippen molar-refractivity contribution >= 4 is 20.2 Å². The number of hydrogen-bond donors (Lipinski definition) is 0. The fraction of sp³-hybridized carbons (Fsp3) is 0.286. The van der Waals surface area contributed by atoms with E-state index in [2.05, 4.69) is 0 Å². The van der Waals surface area contributed by atoms with Crippen molar-refractivity contribution in [2.24, 2.45) is 0 Å². The van der Waals surface area contributed by atoms with Crippen LogP contribution >= 0.6 is 0 Å². The van der Waals surface area contributed by atoms with Gasteiger partial charge in [-0.15, -0.1) is 0 Å². The molecule has 25 heavy (non-hydrogen) atoms. The normalized spacial score (nSPS) is 11.8. The quantitative estimate of drug-likeness (QED) is 0.401. The van der Waals surface area contributed by atoms with E-state index in [4.69, 9.17) is 0 Å². The summed E-state index contributed by atoms with van der Waals surface area (Å²) in [6.07, 6.45) is 6.69. The zero-order valence-corrected chi connectivity index (χ0v) is 14.7. The van der Waals surface area contributed by atoms with Crippen LogP contribution in [0.5, 0.6) is 0 Å². The molecule has 0 amide bonds. The van der Waals surface area contributed by atoms with Gasteiger partial charge in [-0.3, -0.25) is 0 Å². The molecule has 2 heterocycles. The first-order valence-corrected chi connectivity index (χ1v) is 10.1. The van der Waals surface area contributed by atoms with Crippen LogP contribution in [0.1, 0.15) is 0 Å². The molecule has 0 aliphatic rings. The fourth-order valence-electron chi connectivity index (χ4n) is 2.03. The maximum atomic E-state index is 10.6. The van der Waals surface area contributed by atoms with E-state index in [0.717, 1.165) is 11.1 Å². The van der Waals surface area contributed by atoms with Crippen molar-refractivity contribution in [3.05, 3.63) is 49.1 Å². The van der Waals surface area contributed by atoms with Crippen molar-refractivity contribution in [1.29, 1.82) is 0 Å². The first-order valence-electron chi connectivity index (χ1n) is 6.98. The Morgan fingerprint density at radius 3 is 1.20 bits per heavy atom. The summed E-state index contributed by atoms with van der Waals surface area (Å²) >= 11 is 0. The molecule has 138 valence electrons. The Balaban J connectivity index is 0.00000312. The van der Waals surface area contributed by atoms with Crippen LogP contribution in [0.2, 0.25) is 0 Å². The third kappa shape index (κ3) is 7.67. The summed E-state index contributed by atoms with van der Waals surface area (Å²) in [5.41, 5.74) is 1.75. The highest BCUT2D eigenvalue weighted by atomic mass is 32.2. The Labute approximate surface area is 146 Å². The number of aryl methyl sites for hydroxylation is 2. The molecule has 0 aliphatic carbocycles. The number of pyridine rings is 2. The SMILES string of the molecule is O.O=S(=O)([O-])CC[n+]1ccc(-c2cc[n+](CCS(=O)(=O)[O-])cc2)cc1. The fourth-order valence-corrected chi connectivity index (χ4v) is 2.90. The first kappa shape index (κ1) is 21.1. The number of nitrogens with zero attached hydrogens (tertiary/aromatic N) is 2. The third-order valence-electron chi connectivity index (χ3n) is 3.31. The topological polar surface area (TPSA) is 154 Å². The molecule has 11 heteroatoms. The largest absolute Gasteiger partial charge is 0.748 e. The van der Waals surface area contributed by atoms with Crippen LogP contribution in [0.4, 0.5) is 0 Å². The predicted molar refractivity (Wildman–Crippen MR) is 85.0 cm³/mol. The highest BCUT2D eigenvalue weighted by Gasteiger charge is 2.08. The van der Waals surface area contributed by atoms with Gasteiger partial charge in [0.15, 0.2) is 37.9 Å². The van der Waals surface area contributed by atoms with Crippen LogP contribution in [0.15, 0.2) is 49.1 Å². The van der Waals surface area contributed by atoms with Gasteiger partial charge < -0.3 is 14.6 Å². The van der Waals surface area contributed by atoms with E-state index in [1.165, 1.54) is 0 Å². The molecule has 2 aromatic heterocycles. The van der Waals surface area contributed by atoms with Crippen molar-refractivity contribution in [3.63, 3.8) is 0 Å². The Hall–Kier alpha value is -1.92. The molecule has 0 atom stereocenters. The van der Waals surface area contributed by atoms with E-state index in [0.29, 0.717) is 0 Å². The van der Waals surface area contributed by atoms with Crippen molar-refractivity contribution in [1.82, 2.24) is 0 Å². The molecule has 0 spiro atoms. The minimum Gasteiger partial charge on any atom is -0.748 e. The molecule has 0 saturated heterocycles. The molecule has 0 fully saturated rings. The Morgan fingerprint density at radius 1 is 0.680 bits per heavy atom. The minimum atomic E-state index is -4.24. The summed E-state index contributed by atoms with van der Waals surface area (Å²) in [5, 5.41) is 0. The standard InChI is InChI=1S/C14H16N2O6S2.H2O/c17-23(18,19)11-9-15-5-1-13(2-6-15)14-3-7-16(8-4-14)10-12-24(20,21)22;/h1-8H,9-12H2;1H2. The molecular weight excluding hydrogens is 372 g/mol. The van der Waals surface area contributed by atoms with Crippen molar-refractivity contribution < 1.29 is 40.6 Å². The lowest BCUT2D eigenvalue weighted by molar-refractivity contribution is -0.692. The molecule has 0 bridgehead atoms. The molecule has 0 saturated carbocycles. The van der Waals surface area contributed by atoms with E-state index in [1.807, 2.05) is 0 Å². The van der Waals surface area contributed by atoms with Gasteiger partial charge in [-0.2, -0.15) is 0 Å². The average Bonchev–Trinajstić information content (AvgIpc) is 2.51. The molecule has 2 N–H and O–H groups in total. The monoisotopic (exact) mass is 390 g/mol. The molecule has 0 aromatic carbocycles. The predicted octanol–water partition coefficient (Wildman–Crippen LogP) is -1.81. The van der Waals surface area contributed by atoms with Crippen LogP contribution in [0.3, 0.4) is 0 Å². The first-order chi connectivity index (χ1) is 11.1. The average molecular weight is 390 g/mol. The minimum absolute atomic E-state index is 0. The molecule has 2 rings (SSSR count). The third-order valence-corrected chi connectivity index (χ3v) is 4.68. The number of hydrogen-bond acceptors (Lipinski definition) is 6. The van der Waals surface area contributed by atoms with E-state index < -0.39 is 31.7 Å². The molecule has 2 aromatic rings. The van der Waals surface area contributed by atoms with E-state index >= 15 is 0 Å². The van der Waals surface area contributed by atoms with Gasteiger partial charge in [0.2, 0.25) is 0 Å². The second-order valence-electron chi connectivity index (χ2n) is 5.17. The summed E-state index contributed by atoms with van der Waals surface area (Å²) in [6, 6.07) is 7.11. The van der Waals surface area contributed by atoms with Gasteiger partial charge >= 0.3 is 0 Å². The lowest BCUT2D eigenvalue weighted by atomic mass is 10.1. The van der Waals surface area contributed by atoms with E-state index in [-0.39, 0.29) is 18.6 Å². The summed E-state index contributed by atoms with van der Waals surface area (Å²) in [6.45, 7) is 0.176. The molecule has 0 radical (unpaired) electrons. The van der Waals surface area contributed by atoms with Crippen molar-refractivity contribution in [2.75, 3.05) is 11.5 Å². The molecular formula is C14H18N2O7S2. The Bertz CT molecular complexity index is 816. The molecule has 9 nitrogen and oxygen atoms in total. The van der Waals surface area contributed by atoms with E-state index in [9.17, 15) is 25.9 Å². The van der Waals surface area contributed by atoms with Gasteiger partial charge in [-0.05, 0) is 11.1 Å². The highest BCUT2D eigenvalue weighted by molar-refractivity contribution is 7.85. The van der Waals surface area contributed by atoms with Gasteiger partial charge in [0.1, 0.15) is 20.2 Å². The second-order valence-corrected chi connectivity index (χ2v) is 8.22. The van der Waals surface area contributed by atoms with Crippen molar-refractivity contribution in [2.45, 2.75) is 13.1 Å². The maximum absolute atomic E-state index is 10.6. The summed E-state index contributed by atoms with van der Waals surface area (Å²) in [7, 11) is -8.49. The Morgan fingerprint density at radius 2 is 0.960 bits per heavy atom. The zero-order chi connectivity index (χ0) is 17.8. The molecule has 0 unspecified atom stereocenters. The van der Waals surface area contributed by atoms with Gasteiger partial charge in [-0.1, -0.05) is 0 Å². The number of aromatic nitrogens is 2. The lowest BCUT2D eigenvalue weighted by Gasteiger charge is -2.05. The van der Waals surface area contributed by atoms with Crippen LogP contribution < -0.4 is 9.13 Å². The maximum Gasteiger partial charge on any atom is 0.169 e. The van der Waals surface area contributed by atoms with Gasteiger partial charge in [0.25, 0.3) is 0 Å². The van der Waals surface area contributed by atoms with Crippen LogP contribution in [0, 0.1) is 0 Å². The van der Waals surface area contributed by atoms with Crippen LogP contribution in [-0.4, -0.2) is 42.9 Å². The van der Waals surface area contributed by atoms with Gasteiger partial charge in [0, 0.05) is 24.3 Å². The van der Waals surface area contributed by atoms with Gasteiger partial charge in [0.05, 0.1) is 11.5 Å². The number of rotatable bonds is 7.